The number of pyridine rings is 1. The van der Waals surface area contributed by atoms with E-state index in [4.69, 9.17) is 4.55 Å². The van der Waals surface area contributed by atoms with Gasteiger partial charge in [0.1, 0.15) is 0 Å². The standard InChI is InChI=1S/C5H5NO3S.Na/c7-10(8,9)5-3-1-2-4-6-5;/h1-4H,(H,7,8,9);. The molecule has 0 bridgehead atoms. The van der Waals surface area contributed by atoms with Gasteiger partial charge in [0.2, 0.25) is 0 Å². The van der Waals surface area contributed by atoms with Crippen LogP contribution in [0.1, 0.15) is 0 Å². The summed E-state index contributed by atoms with van der Waals surface area (Å²) in [6.45, 7) is 0. The average molecular weight is 182 g/mol. The first-order chi connectivity index (χ1) is 4.61. The molecule has 0 aliphatic heterocycles. The SMILES string of the molecule is O=S(=O)(O)c1ccccn1.[Na]. The van der Waals surface area contributed by atoms with Crippen LogP contribution in [-0.2, 0) is 10.1 Å². The second-order valence-electron chi connectivity index (χ2n) is 1.64. The van der Waals surface area contributed by atoms with E-state index in [1.807, 2.05) is 0 Å². The quantitative estimate of drug-likeness (QED) is 0.488. The predicted molar refractivity (Wildman–Crippen MR) is 39.8 cm³/mol. The Morgan fingerprint density at radius 3 is 2.27 bits per heavy atom. The van der Waals surface area contributed by atoms with Crippen LogP contribution in [-0.4, -0.2) is 47.5 Å². The largest absolute Gasteiger partial charge is 0.312 e. The minimum Gasteiger partial charge on any atom is -0.281 e. The second kappa shape index (κ2) is 4.18. The van der Waals surface area contributed by atoms with Crippen molar-refractivity contribution in [2.45, 2.75) is 5.03 Å². The fourth-order valence-electron chi connectivity index (χ4n) is 0.500. The van der Waals surface area contributed by atoms with E-state index in [0.29, 0.717) is 0 Å². The molecule has 0 aliphatic carbocycles. The molecule has 0 saturated heterocycles. The molecular formula is C5H5NNaO3S. The van der Waals surface area contributed by atoms with Gasteiger partial charge >= 0.3 is 10.1 Å². The molecule has 55 valence electrons. The molecular weight excluding hydrogens is 177 g/mol. The van der Waals surface area contributed by atoms with Crippen LogP contribution < -0.4 is 0 Å². The average Bonchev–Trinajstić information content (AvgIpc) is 1.88. The van der Waals surface area contributed by atoms with Crippen molar-refractivity contribution in [2.75, 3.05) is 0 Å². The summed E-state index contributed by atoms with van der Waals surface area (Å²) in [5, 5.41) is -0.324. The summed E-state index contributed by atoms with van der Waals surface area (Å²) in [5.74, 6) is 0. The molecule has 4 nitrogen and oxygen atoms in total. The van der Waals surface area contributed by atoms with Gasteiger partial charge in [-0.15, -0.1) is 0 Å². The molecule has 1 aromatic heterocycles. The third-order valence-electron chi connectivity index (χ3n) is 0.902. The van der Waals surface area contributed by atoms with Gasteiger partial charge in [-0.3, -0.25) is 4.55 Å². The Hall–Kier alpha value is 0.0600. The molecule has 1 radical (unpaired) electrons. The molecule has 0 unspecified atom stereocenters. The summed E-state index contributed by atoms with van der Waals surface area (Å²) >= 11 is 0. The van der Waals surface area contributed by atoms with Gasteiger partial charge in [0.05, 0.1) is 0 Å². The van der Waals surface area contributed by atoms with E-state index >= 15 is 0 Å². The first-order valence-corrected chi connectivity index (χ1v) is 3.93. The molecule has 1 N–H and O–H groups in total. The van der Waals surface area contributed by atoms with Gasteiger partial charge in [0.15, 0.2) is 5.03 Å². The van der Waals surface area contributed by atoms with Gasteiger partial charge in [0, 0.05) is 35.8 Å². The summed E-state index contributed by atoms with van der Waals surface area (Å²) in [6.07, 6.45) is 1.29. The maximum atomic E-state index is 10.3. The van der Waals surface area contributed by atoms with Crippen molar-refractivity contribution in [2.24, 2.45) is 0 Å². The molecule has 0 saturated carbocycles. The number of rotatable bonds is 1. The Labute approximate surface area is 86.7 Å². The first-order valence-electron chi connectivity index (χ1n) is 2.49. The molecule has 11 heavy (non-hydrogen) atoms. The van der Waals surface area contributed by atoms with E-state index in [0.717, 1.165) is 0 Å². The van der Waals surface area contributed by atoms with Crippen molar-refractivity contribution in [1.29, 1.82) is 0 Å². The van der Waals surface area contributed by atoms with Gasteiger partial charge < -0.3 is 0 Å². The smallest absolute Gasteiger partial charge is 0.281 e. The van der Waals surface area contributed by atoms with Crippen molar-refractivity contribution in [1.82, 2.24) is 4.98 Å². The van der Waals surface area contributed by atoms with Gasteiger partial charge in [-0.25, -0.2) is 4.98 Å². The zero-order valence-corrected chi connectivity index (χ0v) is 8.75. The van der Waals surface area contributed by atoms with Crippen LogP contribution in [0.5, 0.6) is 0 Å². The Bertz CT molecular complexity index is 310. The third kappa shape index (κ3) is 3.31. The van der Waals surface area contributed by atoms with Crippen LogP contribution in [0.15, 0.2) is 29.4 Å². The van der Waals surface area contributed by atoms with Crippen LogP contribution >= 0.6 is 0 Å². The summed E-state index contributed by atoms with van der Waals surface area (Å²) in [4.78, 5) is 3.41. The fourth-order valence-corrected chi connectivity index (χ4v) is 0.944. The number of aromatic nitrogens is 1. The second-order valence-corrected chi connectivity index (χ2v) is 3.01. The van der Waals surface area contributed by atoms with Crippen LogP contribution in [0.25, 0.3) is 0 Å². The van der Waals surface area contributed by atoms with E-state index < -0.39 is 10.1 Å². The van der Waals surface area contributed by atoms with Gasteiger partial charge in [-0.2, -0.15) is 8.42 Å². The predicted octanol–water partition coefficient (Wildman–Crippen LogP) is -0.0525. The van der Waals surface area contributed by atoms with Gasteiger partial charge in [-0.05, 0) is 12.1 Å². The third-order valence-corrected chi connectivity index (χ3v) is 1.67. The van der Waals surface area contributed by atoms with E-state index in [9.17, 15) is 8.42 Å². The molecule has 1 rings (SSSR count). The Morgan fingerprint density at radius 1 is 1.36 bits per heavy atom. The minimum absolute atomic E-state index is 0. The minimum atomic E-state index is -4.11. The molecule has 0 amide bonds. The van der Waals surface area contributed by atoms with Crippen molar-refractivity contribution in [3.8, 4) is 0 Å². The number of nitrogens with zero attached hydrogens (tertiary/aromatic N) is 1. The molecule has 0 spiro atoms. The summed E-state index contributed by atoms with van der Waals surface area (Å²) in [7, 11) is -4.11. The van der Waals surface area contributed by atoms with Crippen molar-refractivity contribution in [3.63, 3.8) is 0 Å². The Morgan fingerprint density at radius 2 is 2.00 bits per heavy atom. The van der Waals surface area contributed by atoms with E-state index in [1.54, 1.807) is 6.07 Å². The summed E-state index contributed by atoms with van der Waals surface area (Å²) in [5.41, 5.74) is 0. The maximum Gasteiger partial charge on any atom is 0.312 e. The molecule has 6 heteroatoms. The van der Waals surface area contributed by atoms with Crippen LogP contribution in [0.2, 0.25) is 0 Å². The molecule has 0 aliphatic rings. The maximum absolute atomic E-state index is 10.3. The zero-order chi connectivity index (χ0) is 7.61. The van der Waals surface area contributed by atoms with Crippen molar-refractivity contribution < 1.29 is 13.0 Å². The van der Waals surface area contributed by atoms with Crippen molar-refractivity contribution >= 4 is 39.7 Å². The molecule has 1 heterocycles. The Kier molecular flexibility index (Phi) is 4.20. The van der Waals surface area contributed by atoms with Gasteiger partial charge in [-0.1, -0.05) is 6.07 Å². The van der Waals surface area contributed by atoms with Gasteiger partial charge in [0.25, 0.3) is 0 Å². The van der Waals surface area contributed by atoms with E-state index in [1.165, 1.54) is 18.3 Å². The number of hydrogen-bond donors (Lipinski definition) is 1. The van der Waals surface area contributed by atoms with Crippen LogP contribution in [0, 0.1) is 0 Å². The summed E-state index contributed by atoms with van der Waals surface area (Å²) < 4.78 is 29.1. The fraction of sp³-hybridized carbons (Fsp3) is 0. The van der Waals surface area contributed by atoms with E-state index in [2.05, 4.69) is 4.98 Å². The van der Waals surface area contributed by atoms with E-state index in [-0.39, 0.29) is 34.6 Å². The summed E-state index contributed by atoms with van der Waals surface area (Å²) in [6, 6.07) is 4.26. The zero-order valence-electron chi connectivity index (χ0n) is 5.93. The Balaban J connectivity index is 0.000001000. The number of hydrogen-bond acceptors (Lipinski definition) is 3. The van der Waals surface area contributed by atoms with Crippen LogP contribution in [0.3, 0.4) is 0 Å². The normalized spacial score (nSPS) is 10.3. The molecule has 0 aromatic carbocycles. The molecule has 0 atom stereocenters. The van der Waals surface area contributed by atoms with Crippen LogP contribution in [0.4, 0.5) is 0 Å². The molecule has 0 fully saturated rings. The first kappa shape index (κ1) is 11.1. The topological polar surface area (TPSA) is 67.3 Å². The van der Waals surface area contributed by atoms with Crippen molar-refractivity contribution in [3.05, 3.63) is 24.4 Å². The monoisotopic (exact) mass is 182 g/mol. The molecule has 1 aromatic rings.